The van der Waals surface area contributed by atoms with Gasteiger partial charge in [0.1, 0.15) is 11.6 Å². The molecule has 0 fully saturated rings. The summed E-state index contributed by atoms with van der Waals surface area (Å²) in [6.45, 7) is 0. The zero-order valence-corrected chi connectivity index (χ0v) is 18.5. The van der Waals surface area contributed by atoms with E-state index in [4.69, 9.17) is 9.72 Å². The molecule has 0 spiro atoms. The van der Waals surface area contributed by atoms with E-state index in [1.165, 1.54) is 12.1 Å². The third-order valence-electron chi connectivity index (χ3n) is 5.65. The second-order valence-electron chi connectivity index (χ2n) is 7.84. The molecule has 5 heteroatoms. The second kappa shape index (κ2) is 9.16. The highest BCUT2D eigenvalue weighted by molar-refractivity contribution is 6.13. The normalized spacial score (nSPS) is 10.8. The van der Waals surface area contributed by atoms with E-state index in [0.717, 1.165) is 22.1 Å². The van der Waals surface area contributed by atoms with Crippen molar-refractivity contribution in [3.63, 3.8) is 0 Å². The summed E-state index contributed by atoms with van der Waals surface area (Å²) in [7, 11) is 1.60. The molecule has 1 amide bonds. The van der Waals surface area contributed by atoms with Gasteiger partial charge in [-0.25, -0.2) is 9.37 Å². The number of amides is 1. The van der Waals surface area contributed by atoms with E-state index < -0.39 is 0 Å². The molecule has 0 aliphatic carbocycles. The number of hydrogen-bond donors (Lipinski definition) is 1. The van der Waals surface area contributed by atoms with Crippen molar-refractivity contribution in [1.29, 1.82) is 0 Å². The molecular formula is C29H21FN2O2. The number of nitrogens with one attached hydrogen (secondary N) is 1. The Hall–Kier alpha value is -4.51. The predicted molar refractivity (Wildman–Crippen MR) is 134 cm³/mol. The number of anilines is 1. The van der Waals surface area contributed by atoms with Crippen LogP contribution in [0.2, 0.25) is 0 Å². The first-order chi connectivity index (χ1) is 16.6. The minimum Gasteiger partial charge on any atom is -0.497 e. The van der Waals surface area contributed by atoms with Gasteiger partial charge in [-0.2, -0.15) is 0 Å². The van der Waals surface area contributed by atoms with Crippen molar-refractivity contribution in [3.8, 4) is 28.1 Å². The van der Waals surface area contributed by atoms with E-state index in [1.807, 2.05) is 78.9 Å². The Bertz CT molecular complexity index is 1460. The van der Waals surface area contributed by atoms with Gasteiger partial charge in [0, 0.05) is 22.7 Å². The Morgan fingerprint density at radius 1 is 0.794 bits per heavy atom. The number of halogens is 1. The van der Waals surface area contributed by atoms with E-state index in [1.54, 1.807) is 19.2 Å². The lowest BCUT2D eigenvalue weighted by Crippen LogP contribution is -2.13. The van der Waals surface area contributed by atoms with Crippen LogP contribution in [0.15, 0.2) is 103 Å². The summed E-state index contributed by atoms with van der Waals surface area (Å²) in [5.74, 6) is 0.168. The third kappa shape index (κ3) is 4.36. The number of fused-ring (bicyclic) bond motifs is 1. The van der Waals surface area contributed by atoms with Gasteiger partial charge in [0.15, 0.2) is 0 Å². The molecule has 0 bridgehead atoms. The van der Waals surface area contributed by atoms with Crippen molar-refractivity contribution < 1.29 is 13.9 Å². The molecular weight excluding hydrogens is 427 g/mol. The molecule has 1 aromatic heterocycles. The van der Waals surface area contributed by atoms with E-state index in [-0.39, 0.29) is 11.7 Å². The highest BCUT2D eigenvalue weighted by Gasteiger charge is 2.15. The summed E-state index contributed by atoms with van der Waals surface area (Å²) in [6.07, 6.45) is 0. The van der Waals surface area contributed by atoms with Crippen LogP contribution in [0.1, 0.15) is 10.4 Å². The molecule has 0 aliphatic rings. The summed E-state index contributed by atoms with van der Waals surface area (Å²) < 4.78 is 18.6. The van der Waals surface area contributed by atoms with Gasteiger partial charge in [0.25, 0.3) is 5.91 Å². The zero-order chi connectivity index (χ0) is 23.5. The lowest BCUT2D eigenvalue weighted by atomic mass is 10.0. The molecule has 0 aliphatic heterocycles. The van der Waals surface area contributed by atoms with Crippen molar-refractivity contribution in [2.45, 2.75) is 0 Å². The van der Waals surface area contributed by atoms with Crippen LogP contribution >= 0.6 is 0 Å². The fourth-order valence-corrected chi connectivity index (χ4v) is 3.87. The Labute approximate surface area is 196 Å². The summed E-state index contributed by atoms with van der Waals surface area (Å²) >= 11 is 0. The molecule has 5 rings (SSSR count). The van der Waals surface area contributed by atoms with Crippen LogP contribution in [-0.4, -0.2) is 18.0 Å². The number of methoxy groups -OCH3 is 1. The summed E-state index contributed by atoms with van der Waals surface area (Å²) in [6, 6.07) is 30.8. The molecule has 0 saturated heterocycles. The quantitative estimate of drug-likeness (QED) is 0.316. The van der Waals surface area contributed by atoms with Gasteiger partial charge >= 0.3 is 0 Å². The minimum absolute atomic E-state index is 0.232. The standard InChI is InChI=1S/C29H21FN2O2/c1-34-24-15-16-25-26(18-27(32-28(25)17-24)21-5-3-2-4-6-21)29(33)31-23-13-9-20(10-14-23)19-7-11-22(30)12-8-19/h2-18H,1H3,(H,31,33). The van der Waals surface area contributed by atoms with Crippen molar-refractivity contribution >= 4 is 22.5 Å². The molecule has 0 saturated carbocycles. The lowest BCUT2D eigenvalue weighted by Gasteiger charge is -2.12. The minimum atomic E-state index is -0.273. The molecule has 34 heavy (non-hydrogen) atoms. The average molecular weight is 448 g/mol. The van der Waals surface area contributed by atoms with Gasteiger partial charge < -0.3 is 10.1 Å². The van der Waals surface area contributed by atoms with Crippen molar-refractivity contribution in [2.24, 2.45) is 0 Å². The molecule has 0 radical (unpaired) electrons. The van der Waals surface area contributed by atoms with Gasteiger partial charge in [-0.15, -0.1) is 0 Å². The van der Waals surface area contributed by atoms with Crippen molar-refractivity contribution in [2.75, 3.05) is 12.4 Å². The number of ether oxygens (including phenoxy) is 1. The summed E-state index contributed by atoms with van der Waals surface area (Å²) in [4.78, 5) is 18.1. The molecule has 166 valence electrons. The molecule has 0 atom stereocenters. The van der Waals surface area contributed by atoms with Crippen LogP contribution in [0.4, 0.5) is 10.1 Å². The molecule has 4 nitrogen and oxygen atoms in total. The van der Waals surface area contributed by atoms with Gasteiger partial charge in [0.05, 0.1) is 23.9 Å². The van der Waals surface area contributed by atoms with E-state index >= 15 is 0 Å². The van der Waals surface area contributed by atoms with Crippen LogP contribution in [0.3, 0.4) is 0 Å². The van der Waals surface area contributed by atoms with Crippen LogP contribution in [0, 0.1) is 5.82 Å². The zero-order valence-electron chi connectivity index (χ0n) is 18.5. The van der Waals surface area contributed by atoms with Crippen LogP contribution in [0.25, 0.3) is 33.3 Å². The maximum atomic E-state index is 13.3. The van der Waals surface area contributed by atoms with E-state index in [2.05, 4.69) is 5.32 Å². The van der Waals surface area contributed by atoms with Crippen LogP contribution in [0.5, 0.6) is 5.75 Å². The lowest BCUT2D eigenvalue weighted by molar-refractivity contribution is 0.102. The number of nitrogens with zero attached hydrogens (tertiary/aromatic N) is 1. The van der Waals surface area contributed by atoms with Gasteiger partial charge in [-0.05, 0) is 53.6 Å². The van der Waals surface area contributed by atoms with Crippen molar-refractivity contribution in [3.05, 3.63) is 115 Å². The first-order valence-electron chi connectivity index (χ1n) is 10.8. The first-order valence-corrected chi connectivity index (χ1v) is 10.8. The smallest absolute Gasteiger partial charge is 0.256 e. The average Bonchev–Trinajstić information content (AvgIpc) is 2.89. The Morgan fingerprint density at radius 3 is 2.15 bits per heavy atom. The van der Waals surface area contributed by atoms with Crippen LogP contribution in [-0.2, 0) is 0 Å². The number of benzene rings is 4. The predicted octanol–water partition coefficient (Wildman–Crippen LogP) is 6.97. The third-order valence-corrected chi connectivity index (χ3v) is 5.65. The SMILES string of the molecule is COc1ccc2c(C(=O)Nc3ccc(-c4ccc(F)cc4)cc3)cc(-c3ccccc3)nc2c1. The van der Waals surface area contributed by atoms with Gasteiger partial charge in [-0.1, -0.05) is 54.6 Å². The maximum Gasteiger partial charge on any atom is 0.256 e. The number of carbonyl (C=O) groups excluding carboxylic acids is 1. The van der Waals surface area contributed by atoms with Crippen LogP contribution < -0.4 is 10.1 Å². The molecule has 0 unspecified atom stereocenters. The number of carbonyl (C=O) groups is 1. The molecule has 5 aromatic rings. The number of aromatic nitrogens is 1. The van der Waals surface area contributed by atoms with Crippen molar-refractivity contribution in [1.82, 2.24) is 4.98 Å². The monoisotopic (exact) mass is 448 g/mol. The Kier molecular flexibility index (Phi) is 5.75. The fourth-order valence-electron chi connectivity index (χ4n) is 3.87. The molecule has 1 heterocycles. The number of rotatable bonds is 5. The van der Waals surface area contributed by atoms with Gasteiger partial charge in [-0.3, -0.25) is 4.79 Å². The highest BCUT2D eigenvalue weighted by atomic mass is 19.1. The van der Waals surface area contributed by atoms with E-state index in [0.29, 0.717) is 28.2 Å². The number of pyridine rings is 1. The molecule has 4 aromatic carbocycles. The number of hydrogen-bond acceptors (Lipinski definition) is 3. The highest BCUT2D eigenvalue weighted by Crippen LogP contribution is 2.29. The van der Waals surface area contributed by atoms with E-state index in [9.17, 15) is 9.18 Å². The Morgan fingerprint density at radius 2 is 1.47 bits per heavy atom. The van der Waals surface area contributed by atoms with Gasteiger partial charge in [0.2, 0.25) is 0 Å². The topological polar surface area (TPSA) is 51.2 Å². The molecule has 1 N–H and O–H groups in total. The largest absolute Gasteiger partial charge is 0.497 e. The summed E-state index contributed by atoms with van der Waals surface area (Å²) in [5.41, 5.74) is 5.33. The Balaban J connectivity index is 1.49. The maximum absolute atomic E-state index is 13.3. The summed E-state index contributed by atoms with van der Waals surface area (Å²) in [5, 5.41) is 3.72. The first kappa shape index (κ1) is 21.3. The second-order valence-corrected chi connectivity index (χ2v) is 7.84. The fraction of sp³-hybridized carbons (Fsp3) is 0.0345.